The number of hydrogen-bond acceptors (Lipinski definition) is 4. The highest BCUT2D eigenvalue weighted by molar-refractivity contribution is 4.74. The summed E-state index contributed by atoms with van der Waals surface area (Å²) in [5, 5.41) is 34.8. The molecule has 0 bridgehead atoms. The van der Waals surface area contributed by atoms with Crippen molar-refractivity contribution < 1.29 is 20.4 Å². The van der Waals surface area contributed by atoms with Crippen LogP contribution in [-0.4, -0.2) is 45.3 Å². The van der Waals surface area contributed by atoms with Crippen LogP contribution in [0.4, 0.5) is 0 Å². The van der Waals surface area contributed by atoms with Gasteiger partial charge in [-0.25, -0.2) is 0 Å². The lowest BCUT2D eigenvalue weighted by atomic mass is 10.0. The minimum atomic E-state index is -1.29. The summed E-state index contributed by atoms with van der Waals surface area (Å²) in [6.07, 6.45) is -0.970. The fraction of sp³-hybridized carbons (Fsp3) is 1.00. The maximum Gasteiger partial charge on any atom is 0.0874 e. The number of aliphatic hydroxyl groups excluding tert-OH is 3. The lowest BCUT2D eigenvalue weighted by Crippen LogP contribution is -2.34. The van der Waals surface area contributed by atoms with Crippen molar-refractivity contribution in [2.45, 2.75) is 25.0 Å². The van der Waals surface area contributed by atoms with Gasteiger partial charge in [-0.05, 0) is 6.92 Å². The monoisotopic (exact) mass is 150 g/mol. The van der Waals surface area contributed by atoms with E-state index in [1.165, 1.54) is 6.92 Å². The lowest BCUT2D eigenvalue weighted by Gasteiger charge is -2.22. The Bertz CT molecular complexity index is 91.7. The number of hydrogen-bond donors (Lipinski definition) is 4. The van der Waals surface area contributed by atoms with E-state index in [9.17, 15) is 0 Å². The van der Waals surface area contributed by atoms with Crippen LogP contribution in [0, 0.1) is 0 Å². The van der Waals surface area contributed by atoms with Crippen LogP contribution in [0.3, 0.4) is 0 Å². The molecular weight excluding hydrogens is 136 g/mol. The van der Waals surface area contributed by atoms with Crippen LogP contribution in [0.15, 0.2) is 0 Å². The third-order valence-electron chi connectivity index (χ3n) is 1.23. The number of rotatable bonds is 4. The van der Waals surface area contributed by atoms with Crippen LogP contribution >= 0.6 is 0 Å². The van der Waals surface area contributed by atoms with Crippen molar-refractivity contribution in [3.8, 4) is 0 Å². The van der Waals surface area contributed by atoms with E-state index >= 15 is 0 Å². The second-order valence-electron chi connectivity index (χ2n) is 2.70. The second kappa shape index (κ2) is 3.88. The van der Waals surface area contributed by atoms with Crippen LogP contribution < -0.4 is 0 Å². The lowest BCUT2D eigenvalue weighted by molar-refractivity contribution is -0.0467. The summed E-state index contributed by atoms with van der Waals surface area (Å²) < 4.78 is 0. The van der Waals surface area contributed by atoms with Crippen molar-refractivity contribution >= 4 is 0 Å². The topological polar surface area (TPSA) is 80.9 Å². The van der Waals surface area contributed by atoms with Gasteiger partial charge in [0.05, 0.1) is 24.9 Å². The molecular formula is C6H14O4. The van der Waals surface area contributed by atoms with Gasteiger partial charge in [-0.3, -0.25) is 0 Å². The molecule has 0 heterocycles. The highest BCUT2D eigenvalue weighted by Crippen LogP contribution is 2.10. The van der Waals surface area contributed by atoms with E-state index in [4.69, 9.17) is 20.4 Å². The van der Waals surface area contributed by atoms with E-state index in [1.807, 2.05) is 0 Å². The van der Waals surface area contributed by atoms with E-state index in [-0.39, 0.29) is 6.42 Å². The van der Waals surface area contributed by atoms with Crippen molar-refractivity contribution in [2.75, 3.05) is 13.2 Å². The summed E-state index contributed by atoms with van der Waals surface area (Å²) in [7, 11) is 0. The fourth-order valence-electron chi connectivity index (χ4n) is 0.637. The Balaban J connectivity index is 3.64. The Morgan fingerprint density at radius 3 is 2.20 bits per heavy atom. The van der Waals surface area contributed by atoms with Gasteiger partial charge in [0.25, 0.3) is 0 Å². The molecule has 0 radical (unpaired) electrons. The summed E-state index contributed by atoms with van der Waals surface area (Å²) in [5.74, 6) is 0. The van der Waals surface area contributed by atoms with E-state index in [0.29, 0.717) is 0 Å². The molecule has 0 fully saturated rings. The van der Waals surface area contributed by atoms with E-state index in [0.717, 1.165) is 0 Å². The molecule has 0 spiro atoms. The quantitative estimate of drug-likeness (QED) is 0.392. The van der Waals surface area contributed by atoms with Crippen LogP contribution in [-0.2, 0) is 0 Å². The third-order valence-corrected chi connectivity index (χ3v) is 1.23. The first-order valence-electron chi connectivity index (χ1n) is 3.14. The van der Waals surface area contributed by atoms with Gasteiger partial charge in [-0.1, -0.05) is 0 Å². The molecule has 0 saturated carbocycles. The summed E-state index contributed by atoms with van der Waals surface area (Å²) in [5.41, 5.74) is -1.29. The van der Waals surface area contributed by atoms with Gasteiger partial charge >= 0.3 is 0 Å². The predicted molar refractivity (Wildman–Crippen MR) is 35.4 cm³/mol. The summed E-state index contributed by atoms with van der Waals surface area (Å²) in [6.45, 7) is 0.589. The van der Waals surface area contributed by atoms with Crippen LogP contribution in [0.25, 0.3) is 0 Å². The maximum atomic E-state index is 9.10. The van der Waals surface area contributed by atoms with Gasteiger partial charge in [-0.2, -0.15) is 0 Å². The Labute approximate surface area is 59.7 Å². The molecule has 0 rings (SSSR count). The molecule has 10 heavy (non-hydrogen) atoms. The molecule has 0 unspecified atom stereocenters. The zero-order valence-electron chi connectivity index (χ0n) is 5.99. The maximum absolute atomic E-state index is 9.10. The van der Waals surface area contributed by atoms with E-state index in [2.05, 4.69) is 0 Å². The Morgan fingerprint density at radius 1 is 1.40 bits per heavy atom. The largest absolute Gasteiger partial charge is 0.394 e. The minimum Gasteiger partial charge on any atom is -0.394 e. The molecule has 0 aliphatic heterocycles. The van der Waals surface area contributed by atoms with Gasteiger partial charge < -0.3 is 20.4 Å². The summed E-state index contributed by atoms with van der Waals surface area (Å²) in [6, 6.07) is 0. The normalized spacial score (nSPS) is 20.1. The van der Waals surface area contributed by atoms with Crippen molar-refractivity contribution in [1.82, 2.24) is 0 Å². The SMILES string of the molecule is C[C@](O)(CO)C[C@H](O)CO. The zero-order chi connectivity index (χ0) is 8.20. The summed E-state index contributed by atoms with van der Waals surface area (Å²) >= 11 is 0. The fourth-order valence-corrected chi connectivity index (χ4v) is 0.637. The molecule has 0 aromatic carbocycles. The number of aliphatic hydroxyl groups is 4. The molecule has 62 valence electrons. The molecule has 4 heteroatoms. The molecule has 0 saturated heterocycles. The first-order valence-corrected chi connectivity index (χ1v) is 3.14. The molecule has 4 nitrogen and oxygen atoms in total. The molecule has 0 aliphatic carbocycles. The molecule has 0 aliphatic rings. The Hall–Kier alpha value is -0.160. The first-order chi connectivity index (χ1) is 4.52. The average Bonchev–Trinajstić information content (AvgIpc) is 1.87. The van der Waals surface area contributed by atoms with Gasteiger partial charge in [0.15, 0.2) is 0 Å². The zero-order valence-corrected chi connectivity index (χ0v) is 5.99. The van der Waals surface area contributed by atoms with Crippen molar-refractivity contribution in [3.63, 3.8) is 0 Å². The molecule has 0 amide bonds. The van der Waals surface area contributed by atoms with Crippen molar-refractivity contribution in [1.29, 1.82) is 0 Å². The smallest absolute Gasteiger partial charge is 0.0874 e. The van der Waals surface area contributed by atoms with Crippen molar-refractivity contribution in [2.24, 2.45) is 0 Å². The van der Waals surface area contributed by atoms with Gasteiger partial charge in [-0.15, -0.1) is 0 Å². The minimum absolute atomic E-state index is 0.0139. The highest BCUT2D eigenvalue weighted by Gasteiger charge is 2.22. The van der Waals surface area contributed by atoms with Crippen LogP contribution in [0.2, 0.25) is 0 Å². The van der Waals surface area contributed by atoms with E-state index < -0.39 is 24.9 Å². The molecule has 4 N–H and O–H groups in total. The average molecular weight is 150 g/mol. The molecule has 0 aromatic heterocycles. The third kappa shape index (κ3) is 3.79. The van der Waals surface area contributed by atoms with Gasteiger partial charge in [0.1, 0.15) is 0 Å². The standard InChI is InChI=1S/C6H14O4/c1-6(10,4-8)2-5(9)3-7/h5,7-10H,2-4H2,1H3/t5-,6+/m0/s1. The highest BCUT2D eigenvalue weighted by atomic mass is 16.3. The molecule has 0 aromatic rings. The van der Waals surface area contributed by atoms with Gasteiger partial charge in [0.2, 0.25) is 0 Å². The molecule has 2 atom stereocenters. The summed E-state index contributed by atoms with van der Waals surface area (Å²) in [4.78, 5) is 0. The van der Waals surface area contributed by atoms with Crippen LogP contribution in [0.5, 0.6) is 0 Å². The van der Waals surface area contributed by atoms with Crippen molar-refractivity contribution in [3.05, 3.63) is 0 Å². The first kappa shape index (κ1) is 9.84. The second-order valence-corrected chi connectivity index (χ2v) is 2.70. The predicted octanol–water partition coefficient (Wildman–Crippen LogP) is -1.53. The van der Waals surface area contributed by atoms with E-state index in [1.54, 1.807) is 0 Å². The van der Waals surface area contributed by atoms with Crippen LogP contribution in [0.1, 0.15) is 13.3 Å². The van der Waals surface area contributed by atoms with Gasteiger partial charge in [0, 0.05) is 6.42 Å². The Kier molecular flexibility index (Phi) is 3.81. The Morgan fingerprint density at radius 2 is 1.90 bits per heavy atom.